The van der Waals surface area contributed by atoms with E-state index < -0.39 is 6.04 Å². The van der Waals surface area contributed by atoms with Gasteiger partial charge in [0.1, 0.15) is 11.9 Å². The molecule has 8 heteroatoms. The maximum atomic E-state index is 13.6. The molecule has 0 heterocycles. The number of rotatable bonds is 12. The van der Waals surface area contributed by atoms with E-state index in [9.17, 15) is 14.0 Å². The van der Waals surface area contributed by atoms with E-state index in [-0.39, 0.29) is 36.0 Å². The first-order valence-corrected chi connectivity index (χ1v) is 14.1. The summed E-state index contributed by atoms with van der Waals surface area (Å²) in [6, 6.07) is 20.4. The van der Waals surface area contributed by atoms with Crippen LogP contribution in [0.4, 0.5) is 4.39 Å². The van der Waals surface area contributed by atoms with Crippen molar-refractivity contribution in [1.82, 2.24) is 10.2 Å². The molecule has 0 aliphatic rings. The lowest BCUT2D eigenvalue weighted by molar-refractivity contribution is -0.139. The van der Waals surface area contributed by atoms with Gasteiger partial charge in [-0.1, -0.05) is 78.7 Å². The number of amides is 2. The third-order valence-corrected chi connectivity index (χ3v) is 7.74. The summed E-state index contributed by atoms with van der Waals surface area (Å²) in [5.74, 6) is 0.0533. The number of nitrogens with zero attached hydrogens (tertiary/aromatic N) is 1. The van der Waals surface area contributed by atoms with Crippen molar-refractivity contribution in [1.29, 1.82) is 0 Å². The number of thioether (sulfide) groups is 1. The Labute approximate surface area is 232 Å². The maximum Gasteiger partial charge on any atom is 0.243 e. The molecule has 0 spiro atoms. The van der Waals surface area contributed by atoms with Crippen molar-refractivity contribution in [3.63, 3.8) is 0 Å². The molecular formula is C29H31Cl2FN2O2S. The third kappa shape index (κ3) is 9.06. The molecule has 0 fully saturated rings. The molecule has 0 aromatic heterocycles. The van der Waals surface area contributed by atoms with Gasteiger partial charge in [0.25, 0.3) is 0 Å². The van der Waals surface area contributed by atoms with Gasteiger partial charge < -0.3 is 10.2 Å². The molecule has 3 rings (SSSR count). The van der Waals surface area contributed by atoms with Gasteiger partial charge in [0.2, 0.25) is 11.8 Å². The number of carbonyl (C=O) groups excluding carboxylic acids is 2. The molecule has 3 aromatic carbocycles. The maximum absolute atomic E-state index is 13.6. The normalized spacial score (nSPS) is 12.6. The second-order valence-corrected chi connectivity index (χ2v) is 10.7. The van der Waals surface area contributed by atoms with Crippen molar-refractivity contribution in [2.75, 3.05) is 5.75 Å². The second kappa shape index (κ2) is 14.4. The highest BCUT2D eigenvalue weighted by Gasteiger charge is 2.31. The van der Waals surface area contributed by atoms with Crippen LogP contribution in [0.1, 0.15) is 37.0 Å². The largest absolute Gasteiger partial charge is 0.352 e. The second-order valence-electron chi connectivity index (χ2n) is 8.91. The minimum absolute atomic E-state index is 0.0273. The standard InChI is InChI=1S/C29H31Cl2FN2O2S/c1-3-20(2)33-29(36)27(16-21-7-5-4-6-8-21)34(17-23-11-14-25(30)26(31)15-23)28(35)19-37-18-22-9-12-24(32)13-10-22/h4-15,20,27H,3,16-19H2,1-2H3,(H,33,36)/t20-,27-/m1/s1. The third-order valence-electron chi connectivity index (χ3n) is 6.02. The van der Waals surface area contributed by atoms with E-state index >= 15 is 0 Å². The van der Waals surface area contributed by atoms with Crippen molar-refractivity contribution < 1.29 is 14.0 Å². The predicted molar refractivity (Wildman–Crippen MR) is 151 cm³/mol. The van der Waals surface area contributed by atoms with E-state index in [1.165, 1.54) is 23.9 Å². The van der Waals surface area contributed by atoms with Crippen molar-refractivity contribution in [3.05, 3.63) is 105 Å². The van der Waals surface area contributed by atoms with Crippen LogP contribution in [-0.2, 0) is 28.3 Å². The van der Waals surface area contributed by atoms with Gasteiger partial charge >= 0.3 is 0 Å². The molecule has 0 saturated carbocycles. The zero-order valence-corrected chi connectivity index (χ0v) is 23.3. The molecule has 1 N–H and O–H groups in total. The van der Waals surface area contributed by atoms with Gasteiger partial charge in [-0.05, 0) is 54.3 Å². The van der Waals surface area contributed by atoms with Crippen LogP contribution in [-0.4, -0.2) is 34.6 Å². The van der Waals surface area contributed by atoms with Gasteiger partial charge in [0.15, 0.2) is 0 Å². The highest BCUT2D eigenvalue weighted by atomic mass is 35.5. The molecule has 0 radical (unpaired) electrons. The molecule has 196 valence electrons. The molecule has 0 aliphatic carbocycles. The van der Waals surface area contributed by atoms with E-state index in [4.69, 9.17) is 23.2 Å². The fourth-order valence-electron chi connectivity index (χ4n) is 3.75. The summed E-state index contributed by atoms with van der Waals surface area (Å²) in [7, 11) is 0. The Morgan fingerprint density at radius 3 is 2.27 bits per heavy atom. The summed E-state index contributed by atoms with van der Waals surface area (Å²) in [6.07, 6.45) is 1.15. The van der Waals surface area contributed by atoms with Gasteiger partial charge in [0, 0.05) is 24.8 Å². The lowest BCUT2D eigenvalue weighted by atomic mass is 10.0. The Hall–Kier alpha value is -2.54. The average Bonchev–Trinajstić information content (AvgIpc) is 2.89. The van der Waals surface area contributed by atoms with Crippen LogP contribution in [0.25, 0.3) is 0 Å². The first-order valence-electron chi connectivity index (χ1n) is 12.2. The Kier molecular flexibility index (Phi) is 11.3. The molecule has 37 heavy (non-hydrogen) atoms. The van der Waals surface area contributed by atoms with Crippen LogP contribution in [0.15, 0.2) is 72.8 Å². The van der Waals surface area contributed by atoms with Gasteiger partial charge in [-0.2, -0.15) is 0 Å². The van der Waals surface area contributed by atoms with Crippen molar-refractivity contribution >= 4 is 46.8 Å². The molecule has 0 saturated heterocycles. The minimum atomic E-state index is -0.718. The van der Waals surface area contributed by atoms with E-state index in [0.29, 0.717) is 22.2 Å². The fourth-order valence-corrected chi connectivity index (χ4v) is 4.94. The first-order chi connectivity index (χ1) is 17.8. The Balaban J connectivity index is 1.87. The first kappa shape index (κ1) is 29.0. The Bertz CT molecular complexity index is 1180. The number of hydrogen-bond donors (Lipinski definition) is 1. The molecular weight excluding hydrogens is 530 g/mol. The molecule has 0 unspecified atom stereocenters. The molecule has 0 aliphatic heterocycles. The molecule has 2 atom stereocenters. The number of nitrogens with one attached hydrogen (secondary N) is 1. The van der Waals surface area contributed by atoms with Crippen LogP contribution >= 0.6 is 35.0 Å². The number of hydrogen-bond acceptors (Lipinski definition) is 3. The van der Waals surface area contributed by atoms with Gasteiger partial charge in [-0.25, -0.2) is 4.39 Å². The molecule has 3 aromatic rings. The van der Waals surface area contributed by atoms with Crippen molar-refractivity contribution in [2.24, 2.45) is 0 Å². The summed E-state index contributed by atoms with van der Waals surface area (Å²) in [5.41, 5.74) is 2.66. The quantitative estimate of drug-likeness (QED) is 0.261. The average molecular weight is 562 g/mol. The highest BCUT2D eigenvalue weighted by Crippen LogP contribution is 2.25. The van der Waals surface area contributed by atoms with Gasteiger partial charge in [-0.3, -0.25) is 9.59 Å². The van der Waals surface area contributed by atoms with E-state index in [0.717, 1.165) is 23.1 Å². The van der Waals surface area contributed by atoms with Gasteiger partial charge in [-0.15, -0.1) is 11.8 Å². The smallest absolute Gasteiger partial charge is 0.243 e. The summed E-state index contributed by atoms with van der Waals surface area (Å²) in [6.45, 7) is 4.15. The predicted octanol–water partition coefficient (Wildman–Crippen LogP) is 6.92. The van der Waals surface area contributed by atoms with Crippen LogP contribution < -0.4 is 5.32 Å². The zero-order chi connectivity index (χ0) is 26.8. The lowest BCUT2D eigenvalue weighted by Crippen LogP contribution is -2.52. The summed E-state index contributed by atoms with van der Waals surface area (Å²) >= 11 is 13.8. The zero-order valence-electron chi connectivity index (χ0n) is 20.9. The van der Waals surface area contributed by atoms with E-state index in [2.05, 4.69) is 5.32 Å². The summed E-state index contributed by atoms with van der Waals surface area (Å²) in [4.78, 5) is 28.8. The van der Waals surface area contributed by atoms with Crippen molar-refractivity contribution in [3.8, 4) is 0 Å². The topological polar surface area (TPSA) is 49.4 Å². The number of carbonyl (C=O) groups is 2. The number of benzene rings is 3. The summed E-state index contributed by atoms with van der Waals surface area (Å²) < 4.78 is 13.2. The molecule has 2 amide bonds. The Morgan fingerprint density at radius 1 is 0.946 bits per heavy atom. The van der Waals surface area contributed by atoms with Crippen LogP contribution in [0, 0.1) is 5.82 Å². The number of halogens is 3. The molecule has 0 bridgehead atoms. The van der Waals surface area contributed by atoms with Crippen LogP contribution in [0.5, 0.6) is 0 Å². The molecule has 4 nitrogen and oxygen atoms in total. The SMILES string of the molecule is CC[C@@H](C)NC(=O)[C@@H](Cc1ccccc1)N(Cc1ccc(Cl)c(Cl)c1)C(=O)CSCc1ccc(F)cc1. The monoisotopic (exact) mass is 560 g/mol. The fraction of sp³-hybridized carbons (Fsp3) is 0.310. The highest BCUT2D eigenvalue weighted by molar-refractivity contribution is 7.99. The van der Waals surface area contributed by atoms with E-state index in [1.54, 1.807) is 29.2 Å². The summed E-state index contributed by atoms with van der Waals surface area (Å²) in [5, 5.41) is 3.87. The lowest BCUT2D eigenvalue weighted by Gasteiger charge is -2.32. The van der Waals surface area contributed by atoms with Gasteiger partial charge in [0.05, 0.1) is 15.8 Å². The van der Waals surface area contributed by atoms with Crippen molar-refractivity contribution in [2.45, 2.75) is 51.1 Å². The van der Waals surface area contributed by atoms with E-state index in [1.807, 2.05) is 50.2 Å². The minimum Gasteiger partial charge on any atom is -0.352 e. The van der Waals surface area contributed by atoms with Crippen LogP contribution in [0.2, 0.25) is 10.0 Å². The van der Waals surface area contributed by atoms with Crippen LogP contribution in [0.3, 0.4) is 0 Å². The Morgan fingerprint density at radius 2 is 1.62 bits per heavy atom.